The van der Waals surface area contributed by atoms with Crippen molar-refractivity contribution >= 4 is 35.1 Å². The largest absolute Gasteiger partial charge is 0.461 e. The van der Waals surface area contributed by atoms with Crippen molar-refractivity contribution in [3.05, 3.63) is 168 Å². The predicted octanol–water partition coefficient (Wildman–Crippen LogP) is 7.60. The van der Waals surface area contributed by atoms with Crippen LogP contribution in [0.3, 0.4) is 0 Å². The van der Waals surface area contributed by atoms with Gasteiger partial charge in [0.2, 0.25) is 0 Å². The van der Waals surface area contributed by atoms with Crippen molar-refractivity contribution in [3.8, 4) is 44.9 Å². The van der Waals surface area contributed by atoms with Crippen LogP contribution in [0.2, 0.25) is 0 Å². The molecule has 266 valence electrons. The Morgan fingerprint density at radius 1 is 0.473 bits per heavy atom. The van der Waals surface area contributed by atoms with E-state index in [9.17, 15) is 19.2 Å². The summed E-state index contributed by atoms with van der Waals surface area (Å²) in [5.41, 5.74) is 10.4. The van der Waals surface area contributed by atoms with Gasteiger partial charge in [-0.1, -0.05) is 72.8 Å². The zero-order chi connectivity index (χ0) is 37.5. The summed E-state index contributed by atoms with van der Waals surface area (Å²) in [7, 11) is 0. The Bertz CT molecular complexity index is 2550. The maximum Gasteiger partial charge on any atom is 0.274 e. The second kappa shape index (κ2) is 13.8. The Balaban J connectivity index is 0.962. The summed E-state index contributed by atoms with van der Waals surface area (Å²) in [5.74, 6) is 0.690. The fraction of sp³-hybridized carbons (Fsp3) is 0.0667. The molecule has 10 nitrogen and oxygen atoms in total. The van der Waals surface area contributed by atoms with Crippen LogP contribution in [0.4, 0.5) is 0 Å². The molecule has 0 N–H and O–H groups in total. The number of ether oxygens (including phenoxy) is 2. The maximum atomic E-state index is 12.0. The monoisotopic (exact) mass is 722 g/mol. The summed E-state index contributed by atoms with van der Waals surface area (Å²) in [4.78, 5) is 48.0. The summed E-state index contributed by atoms with van der Waals surface area (Å²) >= 11 is 0. The van der Waals surface area contributed by atoms with Crippen molar-refractivity contribution in [2.24, 2.45) is 10.2 Å². The second-order valence-corrected chi connectivity index (χ2v) is 13.3. The molecule has 4 aromatic rings. The molecule has 10 heteroatoms. The van der Waals surface area contributed by atoms with Crippen molar-refractivity contribution in [2.75, 3.05) is 0 Å². The Kier molecular flexibility index (Phi) is 8.39. The number of allylic oxidation sites excluding steroid dienone is 8. The lowest BCUT2D eigenvalue weighted by molar-refractivity contribution is -0.138. The van der Waals surface area contributed by atoms with Crippen LogP contribution in [0.25, 0.3) is 33.4 Å². The van der Waals surface area contributed by atoms with Crippen LogP contribution >= 0.6 is 0 Å². The Hall–Kier alpha value is -7.46. The van der Waals surface area contributed by atoms with E-state index in [2.05, 4.69) is 58.7 Å². The number of rotatable bonds is 8. The molecular formula is C45H30N4O6. The number of hydrogen-bond donors (Lipinski definition) is 0. The minimum atomic E-state index is -0.469. The molecule has 0 saturated carbocycles. The van der Waals surface area contributed by atoms with Gasteiger partial charge in [0.25, 0.3) is 23.6 Å². The van der Waals surface area contributed by atoms with Crippen molar-refractivity contribution in [1.29, 1.82) is 0 Å². The zero-order valence-corrected chi connectivity index (χ0v) is 29.2. The van der Waals surface area contributed by atoms with Gasteiger partial charge in [0.05, 0.1) is 11.4 Å². The van der Waals surface area contributed by atoms with Gasteiger partial charge in [-0.25, -0.2) is 0 Å². The summed E-state index contributed by atoms with van der Waals surface area (Å²) in [6, 6.07) is 28.9. The van der Waals surface area contributed by atoms with E-state index in [1.54, 1.807) is 24.3 Å². The standard InChI is InChI=1S/C45H30N4O6/c50-41-21-22-42(51)48(41)46-31-6-3-8-35(26-31)54-33-15-11-28(12-16-33)38-19-20-39-37-10-2-1-5-30(37)25-40(39)45(38)29-13-17-34(18-14-29)55-36-9-4-7-32(27-36)47-49-43(52)23-24-44(49)53/h1-24H,25-27H2. The minimum absolute atomic E-state index is 0.324. The molecule has 0 fully saturated rings. The minimum Gasteiger partial charge on any atom is -0.461 e. The first-order chi connectivity index (χ1) is 26.9. The third-order valence-electron chi connectivity index (χ3n) is 9.67. The Morgan fingerprint density at radius 3 is 1.51 bits per heavy atom. The number of hydrazone groups is 2. The highest BCUT2D eigenvalue weighted by molar-refractivity contribution is 6.14. The van der Waals surface area contributed by atoms with Gasteiger partial charge in [-0.3, -0.25) is 19.2 Å². The molecule has 0 spiro atoms. The first-order valence-corrected chi connectivity index (χ1v) is 17.7. The lowest BCUT2D eigenvalue weighted by Gasteiger charge is -2.18. The van der Waals surface area contributed by atoms with E-state index in [0.29, 0.717) is 47.3 Å². The Morgan fingerprint density at radius 2 is 0.964 bits per heavy atom. The SMILES string of the molecule is O=C1C=CC(=O)N1N=C1C=CC=C(Oc2ccc(-c3ccc4c(c3-c3ccc(OC5=CC=CC(=NN6C(=O)C=CC6=O)C5)cc3)Cc3ccccc3-4)cc2)C1. The van der Waals surface area contributed by atoms with Crippen molar-refractivity contribution < 1.29 is 28.7 Å². The zero-order valence-electron chi connectivity index (χ0n) is 29.2. The molecule has 55 heavy (non-hydrogen) atoms. The highest BCUT2D eigenvalue weighted by Gasteiger charge is 2.27. The van der Waals surface area contributed by atoms with Crippen molar-refractivity contribution in [3.63, 3.8) is 0 Å². The van der Waals surface area contributed by atoms with E-state index >= 15 is 0 Å². The van der Waals surface area contributed by atoms with Gasteiger partial charge in [0.1, 0.15) is 23.0 Å². The topological polar surface area (TPSA) is 118 Å². The molecule has 3 aliphatic carbocycles. The summed E-state index contributed by atoms with van der Waals surface area (Å²) in [5, 5.41) is 10.2. The van der Waals surface area contributed by atoms with Crippen LogP contribution in [0.1, 0.15) is 24.0 Å². The fourth-order valence-corrected chi connectivity index (χ4v) is 7.12. The number of hydrogen-bond acceptors (Lipinski definition) is 8. The number of imide groups is 2. The number of amides is 4. The normalized spacial score (nSPS) is 18.4. The van der Waals surface area contributed by atoms with E-state index in [4.69, 9.17) is 9.47 Å². The van der Waals surface area contributed by atoms with Gasteiger partial charge >= 0.3 is 0 Å². The molecule has 0 saturated heterocycles. The molecule has 0 aromatic heterocycles. The molecule has 4 aromatic carbocycles. The molecule has 9 rings (SSSR count). The Labute approximate surface area is 315 Å². The molecule has 0 atom stereocenters. The number of nitrogens with zero attached hydrogens (tertiary/aromatic N) is 4. The molecule has 4 amide bonds. The number of benzene rings is 4. The lowest BCUT2D eigenvalue weighted by atomic mass is 9.88. The quantitative estimate of drug-likeness (QED) is 0.152. The predicted molar refractivity (Wildman–Crippen MR) is 207 cm³/mol. The van der Waals surface area contributed by atoms with Crippen LogP contribution in [-0.2, 0) is 25.6 Å². The van der Waals surface area contributed by atoms with Gasteiger partial charge in [-0.05, 0) is 99.5 Å². The third-order valence-corrected chi connectivity index (χ3v) is 9.67. The van der Waals surface area contributed by atoms with Crippen LogP contribution < -0.4 is 9.47 Å². The van der Waals surface area contributed by atoms with E-state index < -0.39 is 23.6 Å². The first kappa shape index (κ1) is 33.4. The second-order valence-electron chi connectivity index (χ2n) is 13.3. The molecule has 0 radical (unpaired) electrons. The van der Waals surface area contributed by atoms with Gasteiger partial charge < -0.3 is 9.47 Å². The van der Waals surface area contributed by atoms with Gasteiger partial charge in [0, 0.05) is 37.1 Å². The van der Waals surface area contributed by atoms with Crippen LogP contribution in [0.15, 0.2) is 167 Å². The summed E-state index contributed by atoms with van der Waals surface area (Å²) in [6.45, 7) is 0. The number of carbonyl (C=O) groups excluding carboxylic acids is 4. The molecular weight excluding hydrogens is 693 g/mol. The van der Waals surface area contributed by atoms with Crippen molar-refractivity contribution in [1.82, 2.24) is 10.0 Å². The lowest BCUT2D eigenvalue weighted by Crippen LogP contribution is -2.26. The molecule has 0 unspecified atom stereocenters. The smallest absolute Gasteiger partial charge is 0.274 e. The average molecular weight is 723 g/mol. The molecule has 0 bridgehead atoms. The molecule has 2 aliphatic heterocycles. The molecule has 5 aliphatic rings. The van der Waals surface area contributed by atoms with Gasteiger partial charge in [-0.15, -0.1) is 0 Å². The van der Waals surface area contributed by atoms with E-state index in [1.807, 2.05) is 48.6 Å². The fourth-order valence-electron chi connectivity index (χ4n) is 7.12. The highest BCUT2D eigenvalue weighted by atomic mass is 16.5. The average Bonchev–Trinajstić information content (AvgIpc) is 3.85. The highest BCUT2D eigenvalue weighted by Crippen LogP contribution is 2.46. The summed E-state index contributed by atoms with van der Waals surface area (Å²) < 4.78 is 12.4. The third kappa shape index (κ3) is 6.57. The first-order valence-electron chi connectivity index (χ1n) is 17.7. The van der Waals surface area contributed by atoms with Gasteiger partial charge in [0.15, 0.2) is 0 Å². The van der Waals surface area contributed by atoms with Crippen LogP contribution in [-0.4, -0.2) is 45.1 Å². The van der Waals surface area contributed by atoms with Crippen LogP contribution in [0, 0.1) is 0 Å². The van der Waals surface area contributed by atoms with Crippen LogP contribution in [0.5, 0.6) is 11.5 Å². The van der Waals surface area contributed by atoms with E-state index in [0.717, 1.165) is 38.7 Å². The number of fused-ring (bicyclic) bond motifs is 3. The van der Waals surface area contributed by atoms with E-state index in [1.165, 1.54) is 46.6 Å². The molecule has 2 heterocycles. The van der Waals surface area contributed by atoms with Crippen molar-refractivity contribution in [2.45, 2.75) is 19.3 Å². The number of carbonyl (C=O) groups is 4. The van der Waals surface area contributed by atoms with Gasteiger partial charge in [-0.2, -0.15) is 20.2 Å². The maximum absolute atomic E-state index is 12.0. The van der Waals surface area contributed by atoms with E-state index in [-0.39, 0.29) is 0 Å². The summed E-state index contributed by atoms with van der Waals surface area (Å²) in [6.07, 6.45) is 17.0.